The molecule has 0 aliphatic rings. The molecule has 1 amide bonds. The van der Waals surface area contributed by atoms with E-state index in [0.29, 0.717) is 5.13 Å². The molecule has 1 aromatic heterocycles. The Bertz CT molecular complexity index is 1040. The number of nitrogens with zero attached hydrogens (tertiary/aromatic N) is 2. The third kappa shape index (κ3) is 4.09. The minimum atomic E-state index is -0.555. The Morgan fingerprint density at radius 1 is 1.21 bits per heavy atom. The highest BCUT2D eigenvalue weighted by Crippen LogP contribution is 2.34. The maximum absolute atomic E-state index is 12.6. The Morgan fingerprint density at radius 3 is 2.68 bits per heavy atom. The first kappa shape index (κ1) is 19.7. The molecule has 0 saturated heterocycles. The monoisotopic (exact) mass is 395 g/mol. The van der Waals surface area contributed by atoms with Gasteiger partial charge < -0.3 is 0 Å². The molecular formula is C21H21N3O3S. The number of hydrogen-bond donors (Lipinski definition) is 1. The summed E-state index contributed by atoms with van der Waals surface area (Å²) in [4.78, 5) is 29.0. The fourth-order valence-electron chi connectivity index (χ4n) is 2.99. The summed E-state index contributed by atoms with van der Waals surface area (Å²) in [6.07, 6.45) is 1.80. The smallest absolute Gasteiger partial charge is 0.282 e. The second kappa shape index (κ2) is 8.31. The van der Waals surface area contributed by atoms with Crippen LogP contribution < -0.4 is 5.32 Å². The van der Waals surface area contributed by atoms with E-state index < -0.39 is 10.8 Å². The highest BCUT2D eigenvalue weighted by atomic mass is 32.1. The van der Waals surface area contributed by atoms with Gasteiger partial charge in [-0.3, -0.25) is 20.2 Å². The van der Waals surface area contributed by atoms with Crippen molar-refractivity contribution in [1.82, 2.24) is 4.98 Å². The van der Waals surface area contributed by atoms with Gasteiger partial charge in [0.15, 0.2) is 5.13 Å². The lowest BCUT2D eigenvalue weighted by atomic mass is 10.0. The summed E-state index contributed by atoms with van der Waals surface area (Å²) >= 11 is 1.42. The third-order valence-electron chi connectivity index (χ3n) is 4.39. The molecule has 144 valence electrons. The molecule has 0 bridgehead atoms. The summed E-state index contributed by atoms with van der Waals surface area (Å²) in [5, 5.41) is 14.4. The highest BCUT2D eigenvalue weighted by molar-refractivity contribution is 7.16. The molecule has 0 unspecified atom stereocenters. The van der Waals surface area contributed by atoms with E-state index in [2.05, 4.69) is 35.4 Å². The van der Waals surface area contributed by atoms with Gasteiger partial charge in [-0.15, -0.1) is 11.3 Å². The van der Waals surface area contributed by atoms with E-state index in [1.54, 1.807) is 6.07 Å². The van der Waals surface area contributed by atoms with Gasteiger partial charge in [-0.25, -0.2) is 4.98 Å². The Morgan fingerprint density at radius 2 is 1.96 bits per heavy atom. The van der Waals surface area contributed by atoms with E-state index in [1.165, 1.54) is 29.5 Å². The number of para-hydroxylation sites is 1. The Balaban J connectivity index is 1.97. The average Bonchev–Trinajstić information content (AvgIpc) is 3.06. The van der Waals surface area contributed by atoms with Crippen molar-refractivity contribution >= 4 is 28.1 Å². The number of nitro groups is 1. The van der Waals surface area contributed by atoms with Crippen LogP contribution in [-0.2, 0) is 6.42 Å². The zero-order chi connectivity index (χ0) is 20.3. The Labute approximate surface area is 167 Å². The SMILES string of the molecule is CCCc1sc(NC(=O)c2ccccc2[N+](=O)[O-])nc1-c1cc(C)ccc1C. The van der Waals surface area contributed by atoms with Crippen LogP contribution in [0.5, 0.6) is 0 Å². The molecule has 2 aromatic carbocycles. The second-order valence-electron chi connectivity index (χ2n) is 6.59. The van der Waals surface area contributed by atoms with Crippen LogP contribution in [0.4, 0.5) is 10.8 Å². The lowest BCUT2D eigenvalue weighted by molar-refractivity contribution is -0.385. The van der Waals surface area contributed by atoms with Gasteiger partial charge in [-0.1, -0.05) is 43.2 Å². The molecule has 1 heterocycles. The summed E-state index contributed by atoms with van der Waals surface area (Å²) in [5.74, 6) is -0.531. The van der Waals surface area contributed by atoms with Crippen LogP contribution in [0.3, 0.4) is 0 Å². The van der Waals surface area contributed by atoms with E-state index in [0.717, 1.165) is 40.1 Å². The Hall–Kier alpha value is -3.06. The molecule has 0 atom stereocenters. The van der Waals surface area contributed by atoms with Crippen LogP contribution in [0.25, 0.3) is 11.3 Å². The molecule has 28 heavy (non-hydrogen) atoms. The molecule has 0 saturated carbocycles. The quantitative estimate of drug-likeness (QED) is 0.439. The van der Waals surface area contributed by atoms with Gasteiger partial charge in [0.2, 0.25) is 0 Å². The van der Waals surface area contributed by atoms with Gasteiger partial charge in [0, 0.05) is 16.5 Å². The fraction of sp³-hybridized carbons (Fsp3) is 0.238. The van der Waals surface area contributed by atoms with Gasteiger partial charge in [0.1, 0.15) is 5.56 Å². The summed E-state index contributed by atoms with van der Waals surface area (Å²) in [5.41, 5.74) is 3.97. The number of aryl methyl sites for hydroxylation is 3. The lowest BCUT2D eigenvalue weighted by Gasteiger charge is -2.06. The van der Waals surface area contributed by atoms with Gasteiger partial charge >= 0.3 is 0 Å². The molecular weight excluding hydrogens is 374 g/mol. The first-order chi connectivity index (χ1) is 13.4. The number of nitrogens with one attached hydrogen (secondary N) is 1. The lowest BCUT2D eigenvalue weighted by Crippen LogP contribution is -2.13. The first-order valence-electron chi connectivity index (χ1n) is 9.02. The summed E-state index contributed by atoms with van der Waals surface area (Å²) in [6.45, 7) is 6.17. The van der Waals surface area contributed by atoms with Crippen molar-refractivity contribution in [2.75, 3.05) is 5.32 Å². The predicted molar refractivity (Wildman–Crippen MR) is 112 cm³/mol. The number of hydrogen-bond acceptors (Lipinski definition) is 5. The standard InChI is InChI=1S/C21H21N3O3S/c1-4-7-18-19(16-12-13(2)10-11-14(16)3)22-21(28-18)23-20(25)15-8-5-6-9-17(15)24(26)27/h5-6,8-12H,4,7H2,1-3H3,(H,22,23,25). The van der Waals surface area contributed by atoms with Crippen LogP contribution in [0, 0.1) is 24.0 Å². The number of anilines is 1. The second-order valence-corrected chi connectivity index (χ2v) is 7.67. The number of aromatic nitrogens is 1. The molecule has 6 nitrogen and oxygen atoms in total. The number of amides is 1. The maximum Gasteiger partial charge on any atom is 0.282 e. The van der Waals surface area contributed by atoms with Crippen LogP contribution in [0.1, 0.15) is 39.7 Å². The van der Waals surface area contributed by atoms with E-state index in [-0.39, 0.29) is 11.3 Å². The molecule has 0 fully saturated rings. The van der Waals surface area contributed by atoms with Gasteiger partial charge in [-0.05, 0) is 38.0 Å². The van der Waals surface area contributed by atoms with Crippen molar-refractivity contribution in [1.29, 1.82) is 0 Å². The minimum absolute atomic E-state index is 0.0213. The number of thiazole rings is 1. The summed E-state index contributed by atoms with van der Waals surface area (Å²) in [7, 11) is 0. The van der Waals surface area contributed by atoms with Gasteiger partial charge in [0.05, 0.1) is 10.6 Å². The minimum Gasteiger partial charge on any atom is -0.298 e. The maximum atomic E-state index is 12.6. The predicted octanol–water partition coefficient (Wildman–Crippen LogP) is 5.54. The number of nitro benzene ring substituents is 1. The van der Waals surface area contributed by atoms with E-state index >= 15 is 0 Å². The van der Waals surface area contributed by atoms with E-state index in [9.17, 15) is 14.9 Å². The van der Waals surface area contributed by atoms with Gasteiger partial charge in [0.25, 0.3) is 11.6 Å². The molecule has 0 aliphatic heterocycles. The topological polar surface area (TPSA) is 85.1 Å². The molecule has 3 aromatic rings. The summed E-state index contributed by atoms with van der Waals surface area (Å²) < 4.78 is 0. The number of carbonyl (C=O) groups is 1. The third-order valence-corrected chi connectivity index (χ3v) is 5.42. The van der Waals surface area contributed by atoms with Crippen LogP contribution >= 0.6 is 11.3 Å². The normalized spacial score (nSPS) is 10.7. The van der Waals surface area contributed by atoms with Crippen LogP contribution in [0.15, 0.2) is 42.5 Å². The number of benzene rings is 2. The number of rotatable bonds is 6. The Kier molecular flexibility index (Phi) is 5.84. The molecule has 3 rings (SSSR count). The van der Waals surface area contributed by atoms with E-state index in [4.69, 9.17) is 0 Å². The van der Waals surface area contributed by atoms with E-state index in [1.807, 2.05) is 13.8 Å². The van der Waals surface area contributed by atoms with Crippen LogP contribution in [0.2, 0.25) is 0 Å². The van der Waals surface area contributed by atoms with Crippen molar-refractivity contribution in [3.63, 3.8) is 0 Å². The highest BCUT2D eigenvalue weighted by Gasteiger charge is 2.21. The van der Waals surface area contributed by atoms with Gasteiger partial charge in [-0.2, -0.15) is 0 Å². The molecule has 0 radical (unpaired) electrons. The first-order valence-corrected chi connectivity index (χ1v) is 9.84. The average molecular weight is 395 g/mol. The fourth-order valence-corrected chi connectivity index (χ4v) is 4.06. The zero-order valence-electron chi connectivity index (χ0n) is 16.0. The molecule has 0 aliphatic carbocycles. The zero-order valence-corrected chi connectivity index (χ0v) is 16.8. The molecule has 0 spiro atoms. The van der Waals surface area contributed by atoms with Crippen molar-refractivity contribution in [2.45, 2.75) is 33.6 Å². The molecule has 7 heteroatoms. The summed E-state index contributed by atoms with van der Waals surface area (Å²) in [6, 6.07) is 12.1. The number of carbonyl (C=O) groups excluding carboxylic acids is 1. The van der Waals surface area contributed by atoms with Crippen molar-refractivity contribution in [2.24, 2.45) is 0 Å². The van der Waals surface area contributed by atoms with Crippen molar-refractivity contribution < 1.29 is 9.72 Å². The van der Waals surface area contributed by atoms with Crippen molar-refractivity contribution in [3.8, 4) is 11.3 Å². The molecule has 1 N–H and O–H groups in total. The van der Waals surface area contributed by atoms with Crippen LogP contribution in [-0.4, -0.2) is 15.8 Å². The largest absolute Gasteiger partial charge is 0.298 e. The van der Waals surface area contributed by atoms with Crippen molar-refractivity contribution in [3.05, 3.63) is 74.1 Å².